The standard InChI is InChI=1S/C13H20N4OS/c1-11-3-8-19-13(11)9-16(6-7-18)4-5-17-10-14-15-12(17)2/h3,8,10,18H,4-7,9H2,1-2H3. The van der Waals surface area contributed by atoms with Crippen molar-refractivity contribution in [3.8, 4) is 0 Å². The summed E-state index contributed by atoms with van der Waals surface area (Å²) < 4.78 is 2.03. The fraction of sp³-hybridized carbons (Fsp3) is 0.538. The van der Waals surface area contributed by atoms with Crippen molar-refractivity contribution in [1.82, 2.24) is 19.7 Å². The number of aliphatic hydroxyl groups is 1. The second-order valence-corrected chi connectivity index (χ2v) is 5.60. The van der Waals surface area contributed by atoms with Gasteiger partial charge in [-0.05, 0) is 30.9 Å². The lowest BCUT2D eigenvalue weighted by molar-refractivity contribution is 0.186. The molecule has 0 spiro atoms. The summed E-state index contributed by atoms with van der Waals surface area (Å²) in [5, 5.41) is 19.2. The molecule has 0 radical (unpaired) electrons. The largest absolute Gasteiger partial charge is 0.395 e. The highest BCUT2D eigenvalue weighted by Gasteiger charge is 2.09. The number of thiophene rings is 1. The maximum Gasteiger partial charge on any atom is 0.129 e. The summed E-state index contributed by atoms with van der Waals surface area (Å²) in [6.07, 6.45) is 1.75. The maximum atomic E-state index is 9.18. The number of nitrogens with zero attached hydrogens (tertiary/aromatic N) is 4. The van der Waals surface area contributed by atoms with E-state index < -0.39 is 0 Å². The molecule has 0 saturated heterocycles. The minimum atomic E-state index is 0.186. The molecule has 0 bridgehead atoms. The highest BCUT2D eigenvalue weighted by atomic mass is 32.1. The molecule has 0 saturated carbocycles. The molecule has 2 heterocycles. The number of hydrogen-bond acceptors (Lipinski definition) is 5. The topological polar surface area (TPSA) is 54.2 Å². The average molecular weight is 280 g/mol. The Kier molecular flexibility index (Phi) is 5.07. The van der Waals surface area contributed by atoms with E-state index >= 15 is 0 Å². The Hall–Kier alpha value is -1.24. The van der Waals surface area contributed by atoms with Gasteiger partial charge in [0.15, 0.2) is 0 Å². The van der Waals surface area contributed by atoms with Gasteiger partial charge >= 0.3 is 0 Å². The zero-order valence-corrected chi connectivity index (χ0v) is 12.2. The Morgan fingerprint density at radius 3 is 2.79 bits per heavy atom. The van der Waals surface area contributed by atoms with Gasteiger partial charge in [0.25, 0.3) is 0 Å². The van der Waals surface area contributed by atoms with Crippen LogP contribution in [0.4, 0.5) is 0 Å². The molecule has 5 nitrogen and oxygen atoms in total. The van der Waals surface area contributed by atoms with E-state index in [-0.39, 0.29) is 6.61 Å². The predicted molar refractivity (Wildman–Crippen MR) is 76.2 cm³/mol. The summed E-state index contributed by atoms with van der Waals surface area (Å²) in [7, 11) is 0. The van der Waals surface area contributed by atoms with E-state index in [1.165, 1.54) is 10.4 Å². The van der Waals surface area contributed by atoms with E-state index in [1.54, 1.807) is 17.7 Å². The van der Waals surface area contributed by atoms with Crippen molar-refractivity contribution in [1.29, 1.82) is 0 Å². The van der Waals surface area contributed by atoms with E-state index in [2.05, 4.69) is 33.5 Å². The molecule has 2 aromatic rings. The second-order valence-electron chi connectivity index (χ2n) is 4.60. The monoisotopic (exact) mass is 280 g/mol. The van der Waals surface area contributed by atoms with Crippen LogP contribution in [0.1, 0.15) is 16.3 Å². The molecule has 0 aliphatic rings. The molecule has 0 atom stereocenters. The first-order chi connectivity index (χ1) is 9.20. The quantitative estimate of drug-likeness (QED) is 0.834. The average Bonchev–Trinajstić information content (AvgIpc) is 2.97. The lowest BCUT2D eigenvalue weighted by Gasteiger charge is -2.21. The Bertz CT molecular complexity index is 508. The van der Waals surface area contributed by atoms with Crippen LogP contribution in [-0.2, 0) is 13.1 Å². The molecular weight excluding hydrogens is 260 g/mol. The first-order valence-corrected chi connectivity index (χ1v) is 7.29. The summed E-state index contributed by atoms with van der Waals surface area (Å²) >= 11 is 1.78. The first-order valence-electron chi connectivity index (χ1n) is 6.41. The van der Waals surface area contributed by atoms with E-state index in [1.807, 2.05) is 11.5 Å². The Labute approximate surface area is 117 Å². The number of hydrogen-bond donors (Lipinski definition) is 1. The zero-order valence-electron chi connectivity index (χ0n) is 11.4. The van der Waals surface area contributed by atoms with Gasteiger partial charge in [0.1, 0.15) is 12.2 Å². The minimum absolute atomic E-state index is 0.186. The van der Waals surface area contributed by atoms with Crippen LogP contribution in [-0.4, -0.2) is 44.5 Å². The van der Waals surface area contributed by atoms with Gasteiger partial charge in [-0.25, -0.2) is 0 Å². The lowest BCUT2D eigenvalue weighted by atomic mass is 10.3. The van der Waals surface area contributed by atoms with Crippen LogP contribution in [0.3, 0.4) is 0 Å². The number of aryl methyl sites for hydroxylation is 2. The third kappa shape index (κ3) is 3.86. The van der Waals surface area contributed by atoms with Crippen molar-refractivity contribution in [2.24, 2.45) is 0 Å². The molecule has 0 aliphatic heterocycles. The molecule has 1 N–H and O–H groups in total. The van der Waals surface area contributed by atoms with Crippen LogP contribution < -0.4 is 0 Å². The fourth-order valence-corrected chi connectivity index (χ4v) is 2.91. The van der Waals surface area contributed by atoms with E-state index in [9.17, 15) is 5.11 Å². The van der Waals surface area contributed by atoms with Crippen LogP contribution in [0.2, 0.25) is 0 Å². The van der Waals surface area contributed by atoms with Crippen molar-refractivity contribution in [3.05, 3.63) is 34.0 Å². The van der Waals surface area contributed by atoms with E-state index in [4.69, 9.17) is 0 Å². The zero-order chi connectivity index (χ0) is 13.7. The van der Waals surface area contributed by atoms with Crippen LogP contribution in [0, 0.1) is 13.8 Å². The summed E-state index contributed by atoms with van der Waals surface area (Å²) in [6, 6.07) is 2.14. The summed E-state index contributed by atoms with van der Waals surface area (Å²) in [6.45, 7) is 7.59. The second kappa shape index (κ2) is 6.79. The van der Waals surface area contributed by atoms with E-state index in [0.29, 0.717) is 6.54 Å². The van der Waals surface area contributed by atoms with Crippen molar-refractivity contribution >= 4 is 11.3 Å². The first kappa shape index (κ1) is 14.2. The summed E-state index contributed by atoms with van der Waals surface area (Å²) in [4.78, 5) is 3.63. The molecule has 2 rings (SSSR count). The summed E-state index contributed by atoms with van der Waals surface area (Å²) in [5.74, 6) is 0.927. The summed E-state index contributed by atoms with van der Waals surface area (Å²) in [5.41, 5.74) is 1.33. The van der Waals surface area contributed by atoms with Crippen molar-refractivity contribution < 1.29 is 5.11 Å². The molecule has 19 heavy (non-hydrogen) atoms. The molecule has 0 fully saturated rings. The Morgan fingerprint density at radius 1 is 1.37 bits per heavy atom. The molecule has 6 heteroatoms. The van der Waals surface area contributed by atoms with Gasteiger partial charge in [0, 0.05) is 31.1 Å². The van der Waals surface area contributed by atoms with Gasteiger partial charge in [-0.2, -0.15) is 0 Å². The van der Waals surface area contributed by atoms with Crippen LogP contribution in [0.25, 0.3) is 0 Å². The lowest BCUT2D eigenvalue weighted by Crippen LogP contribution is -2.30. The van der Waals surface area contributed by atoms with E-state index in [0.717, 1.165) is 25.5 Å². The number of rotatable bonds is 7. The molecular formula is C13H20N4OS. The van der Waals surface area contributed by atoms with Crippen molar-refractivity contribution in [2.45, 2.75) is 26.9 Å². The molecule has 0 amide bonds. The predicted octanol–water partition coefficient (Wildman–Crippen LogP) is 1.45. The fourth-order valence-electron chi connectivity index (χ4n) is 1.96. The molecule has 0 unspecified atom stereocenters. The Balaban J connectivity index is 1.93. The van der Waals surface area contributed by atoms with Gasteiger partial charge in [0.2, 0.25) is 0 Å². The van der Waals surface area contributed by atoms with Crippen LogP contribution in [0.5, 0.6) is 0 Å². The normalized spacial score (nSPS) is 11.4. The Morgan fingerprint density at radius 2 is 2.21 bits per heavy atom. The van der Waals surface area contributed by atoms with Crippen molar-refractivity contribution in [2.75, 3.05) is 19.7 Å². The molecule has 104 valence electrons. The highest BCUT2D eigenvalue weighted by molar-refractivity contribution is 7.10. The third-order valence-corrected chi connectivity index (χ3v) is 4.23. The number of aliphatic hydroxyl groups excluding tert-OH is 1. The molecule has 2 aromatic heterocycles. The molecule has 0 aromatic carbocycles. The van der Waals surface area contributed by atoms with Crippen LogP contribution >= 0.6 is 11.3 Å². The van der Waals surface area contributed by atoms with Crippen LogP contribution in [0.15, 0.2) is 17.8 Å². The molecule has 0 aliphatic carbocycles. The SMILES string of the molecule is Cc1ccsc1CN(CCO)CCn1cnnc1C. The smallest absolute Gasteiger partial charge is 0.129 e. The minimum Gasteiger partial charge on any atom is -0.395 e. The van der Waals surface area contributed by atoms with Gasteiger partial charge < -0.3 is 9.67 Å². The maximum absolute atomic E-state index is 9.18. The van der Waals surface area contributed by atoms with Gasteiger partial charge in [0.05, 0.1) is 6.61 Å². The third-order valence-electron chi connectivity index (χ3n) is 3.22. The van der Waals surface area contributed by atoms with Gasteiger partial charge in [-0.15, -0.1) is 21.5 Å². The number of aromatic nitrogens is 3. The van der Waals surface area contributed by atoms with Gasteiger partial charge in [-0.1, -0.05) is 0 Å². The van der Waals surface area contributed by atoms with Crippen molar-refractivity contribution in [3.63, 3.8) is 0 Å². The highest BCUT2D eigenvalue weighted by Crippen LogP contribution is 2.17. The van der Waals surface area contributed by atoms with Gasteiger partial charge in [-0.3, -0.25) is 4.90 Å².